The topological polar surface area (TPSA) is 99.0 Å². The Morgan fingerprint density at radius 1 is 1.27 bits per heavy atom. The van der Waals surface area contributed by atoms with Crippen molar-refractivity contribution in [3.63, 3.8) is 0 Å². The molecule has 0 unspecified atom stereocenters. The van der Waals surface area contributed by atoms with Gasteiger partial charge >= 0.3 is 0 Å². The molecule has 1 saturated carbocycles. The highest BCUT2D eigenvalue weighted by atomic mass is 32.2. The fraction of sp³-hybridized carbons (Fsp3) is 0.800. The Balaban J connectivity index is 2.08. The van der Waals surface area contributed by atoms with Crippen molar-refractivity contribution >= 4 is 17.7 Å². The lowest BCUT2D eigenvalue weighted by Crippen LogP contribution is -2.63. The molecule has 22 heavy (non-hydrogen) atoms. The van der Waals surface area contributed by atoms with Gasteiger partial charge in [-0.1, -0.05) is 25.8 Å². The second-order valence-corrected chi connectivity index (χ2v) is 7.24. The highest BCUT2D eigenvalue weighted by Crippen LogP contribution is 2.36. The molecule has 7 heteroatoms. The van der Waals surface area contributed by atoms with Crippen molar-refractivity contribution in [1.29, 1.82) is 0 Å². The van der Waals surface area contributed by atoms with Crippen molar-refractivity contribution < 1.29 is 24.9 Å². The molecule has 0 aromatic rings. The Bertz CT molecular complexity index is 388. The van der Waals surface area contributed by atoms with E-state index < -0.39 is 35.7 Å². The minimum Gasteiger partial charge on any atom is -0.394 e. The number of rotatable bonds is 5. The zero-order valence-electron chi connectivity index (χ0n) is 12.6. The van der Waals surface area contributed by atoms with Crippen LogP contribution in [0.2, 0.25) is 0 Å². The number of nitrogens with one attached hydrogen (secondary N) is 1. The highest BCUT2D eigenvalue weighted by Gasteiger charge is 2.45. The maximum atomic E-state index is 11.6. The molecular weight excluding hydrogens is 306 g/mol. The van der Waals surface area contributed by atoms with Gasteiger partial charge in [0.1, 0.15) is 23.7 Å². The van der Waals surface area contributed by atoms with E-state index >= 15 is 0 Å². The molecule has 1 aliphatic carbocycles. The predicted octanol–water partition coefficient (Wildman–Crippen LogP) is 0.162. The summed E-state index contributed by atoms with van der Waals surface area (Å²) in [4.78, 5) is 11.6. The number of hydrogen-bond acceptors (Lipinski definition) is 6. The Labute approximate surface area is 134 Å². The number of aliphatic hydroxyl groups is 3. The molecule has 2 aliphatic rings. The molecule has 0 aromatic heterocycles. The molecular formula is C15H25NO5S. The highest BCUT2D eigenvalue weighted by molar-refractivity contribution is 8.00. The standard InChI is InChI=1S/C15H25NO5S/c1-2-11(18)16-12-14(20)13(19)10(8-17)21-15(12)22-9-6-4-3-5-7-9/h2,9-10,12-15,17,19-20H,1,3-8H2,(H,16,18)/t10-,12-,13-,14-,15-/m1/s1. The van der Waals surface area contributed by atoms with Crippen LogP contribution in [-0.2, 0) is 9.53 Å². The normalized spacial score (nSPS) is 36.8. The largest absolute Gasteiger partial charge is 0.394 e. The van der Waals surface area contributed by atoms with Gasteiger partial charge in [0, 0.05) is 5.25 Å². The van der Waals surface area contributed by atoms with Crippen LogP contribution in [0, 0.1) is 0 Å². The van der Waals surface area contributed by atoms with Crippen LogP contribution < -0.4 is 5.32 Å². The molecule has 0 spiro atoms. The fourth-order valence-electron chi connectivity index (χ4n) is 2.97. The zero-order chi connectivity index (χ0) is 16.1. The first-order chi connectivity index (χ1) is 10.6. The lowest BCUT2D eigenvalue weighted by molar-refractivity contribution is -0.173. The van der Waals surface area contributed by atoms with Crippen molar-refractivity contribution in [2.45, 2.75) is 67.1 Å². The summed E-state index contributed by atoms with van der Waals surface area (Å²) in [6.07, 6.45) is 3.60. The quantitative estimate of drug-likeness (QED) is 0.536. The first-order valence-corrected chi connectivity index (χ1v) is 8.72. The second-order valence-electron chi connectivity index (χ2n) is 5.84. The summed E-state index contributed by atoms with van der Waals surface area (Å²) in [7, 11) is 0. The zero-order valence-corrected chi connectivity index (χ0v) is 13.4. The summed E-state index contributed by atoms with van der Waals surface area (Å²) in [6.45, 7) is 3.03. The first kappa shape index (κ1) is 17.7. The van der Waals surface area contributed by atoms with Gasteiger partial charge in [-0.05, 0) is 18.9 Å². The van der Waals surface area contributed by atoms with Crippen LogP contribution >= 0.6 is 11.8 Å². The molecule has 1 saturated heterocycles. The molecule has 5 atom stereocenters. The van der Waals surface area contributed by atoms with E-state index in [9.17, 15) is 20.1 Å². The van der Waals surface area contributed by atoms with Crippen molar-refractivity contribution in [1.82, 2.24) is 5.32 Å². The second kappa shape index (κ2) is 8.31. The van der Waals surface area contributed by atoms with E-state index in [-0.39, 0.29) is 6.61 Å². The Hall–Kier alpha value is -0.600. The molecule has 6 nitrogen and oxygen atoms in total. The third-order valence-corrected chi connectivity index (χ3v) is 5.78. The average Bonchev–Trinajstić information content (AvgIpc) is 2.55. The van der Waals surface area contributed by atoms with Gasteiger partial charge in [-0.25, -0.2) is 0 Å². The van der Waals surface area contributed by atoms with E-state index in [1.54, 1.807) is 11.8 Å². The van der Waals surface area contributed by atoms with Gasteiger partial charge in [-0.15, -0.1) is 11.8 Å². The predicted molar refractivity (Wildman–Crippen MR) is 84.4 cm³/mol. The van der Waals surface area contributed by atoms with Crippen LogP contribution in [0.25, 0.3) is 0 Å². The maximum absolute atomic E-state index is 11.6. The van der Waals surface area contributed by atoms with Crippen LogP contribution in [0.4, 0.5) is 0 Å². The van der Waals surface area contributed by atoms with Crippen molar-refractivity contribution in [2.75, 3.05) is 6.61 Å². The summed E-state index contributed by atoms with van der Waals surface area (Å²) in [5, 5.41) is 32.6. The van der Waals surface area contributed by atoms with E-state index in [1.807, 2.05) is 0 Å². The molecule has 1 amide bonds. The van der Waals surface area contributed by atoms with Crippen molar-refractivity contribution in [2.24, 2.45) is 0 Å². The third kappa shape index (κ3) is 4.23. The van der Waals surface area contributed by atoms with Gasteiger partial charge in [-0.2, -0.15) is 0 Å². The lowest BCUT2D eigenvalue weighted by atomic mass is 9.98. The summed E-state index contributed by atoms with van der Waals surface area (Å²) >= 11 is 1.57. The minimum atomic E-state index is -1.23. The van der Waals surface area contributed by atoms with Gasteiger partial charge in [0.25, 0.3) is 0 Å². The Kier molecular flexibility index (Phi) is 6.70. The van der Waals surface area contributed by atoms with Gasteiger partial charge in [0.2, 0.25) is 5.91 Å². The number of thioether (sulfide) groups is 1. The monoisotopic (exact) mass is 331 g/mol. The number of amides is 1. The van der Waals surface area contributed by atoms with E-state index in [2.05, 4.69) is 11.9 Å². The average molecular weight is 331 g/mol. The molecule has 126 valence electrons. The molecule has 2 fully saturated rings. The third-order valence-electron chi connectivity index (χ3n) is 4.25. The van der Waals surface area contributed by atoms with Crippen LogP contribution in [0.1, 0.15) is 32.1 Å². The molecule has 4 N–H and O–H groups in total. The molecule has 0 bridgehead atoms. The van der Waals surface area contributed by atoms with Gasteiger partial charge < -0.3 is 25.4 Å². The number of ether oxygens (including phenoxy) is 1. The summed E-state index contributed by atoms with van der Waals surface area (Å²) in [5.74, 6) is -0.420. The minimum absolute atomic E-state index is 0.373. The molecule has 1 aliphatic heterocycles. The van der Waals surface area contributed by atoms with Crippen LogP contribution in [0.5, 0.6) is 0 Å². The number of carbonyl (C=O) groups is 1. The summed E-state index contributed by atoms with van der Waals surface area (Å²) in [6, 6.07) is -0.727. The molecule has 0 radical (unpaired) electrons. The van der Waals surface area contributed by atoms with E-state index in [4.69, 9.17) is 4.74 Å². The number of aliphatic hydroxyl groups excluding tert-OH is 3. The van der Waals surface area contributed by atoms with Gasteiger partial charge in [-0.3, -0.25) is 4.79 Å². The smallest absolute Gasteiger partial charge is 0.243 e. The van der Waals surface area contributed by atoms with E-state index in [0.717, 1.165) is 18.9 Å². The van der Waals surface area contributed by atoms with Crippen LogP contribution in [0.3, 0.4) is 0 Å². The van der Waals surface area contributed by atoms with E-state index in [0.29, 0.717) is 5.25 Å². The molecule has 0 aromatic carbocycles. The molecule has 2 rings (SSSR count). The summed E-state index contributed by atoms with van der Waals surface area (Å²) in [5.41, 5.74) is -0.498. The fourth-order valence-corrected chi connectivity index (χ4v) is 4.56. The van der Waals surface area contributed by atoms with Gasteiger partial charge in [0.15, 0.2) is 0 Å². The summed E-state index contributed by atoms with van der Waals surface area (Å²) < 4.78 is 5.73. The Morgan fingerprint density at radius 2 is 1.95 bits per heavy atom. The maximum Gasteiger partial charge on any atom is 0.243 e. The van der Waals surface area contributed by atoms with Gasteiger partial charge in [0.05, 0.1) is 12.6 Å². The van der Waals surface area contributed by atoms with Crippen molar-refractivity contribution in [3.05, 3.63) is 12.7 Å². The number of carbonyl (C=O) groups excluding carboxylic acids is 1. The van der Waals surface area contributed by atoms with Crippen LogP contribution in [-0.4, -0.2) is 62.9 Å². The van der Waals surface area contributed by atoms with Crippen molar-refractivity contribution in [3.8, 4) is 0 Å². The molecule has 1 heterocycles. The number of hydrogen-bond donors (Lipinski definition) is 4. The van der Waals surface area contributed by atoms with E-state index in [1.165, 1.54) is 19.3 Å². The lowest BCUT2D eigenvalue weighted by Gasteiger charge is -2.43. The van der Waals surface area contributed by atoms with Crippen LogP contribution in [0.15, 0.2) is 12.7 Å². The Morgan fingerprint density at radius 3 is 2.55 bits per heavy atom. The SMILES string of the molecule is C=CC(=O)N[C@@H]1[C@@H](O)[C@H](O)[C@@H](CO)O[C@@H]1SC1CCCCC1. The first-order valence-electron chi connectivity index (χ1n) is 7.77.